The topological polar surface area (TPSA) is 77.2 Å². The summed E-state index contributed by atoms with van der Waals surface area (Å²) < 4.78 is 32.7. The Hall–Kier alpha value is -2.22. The average Bonchev–Trinajstić information content (AvgIpc) is 3.21. The van der Waals surface area contributed by atoms with Crippen LogP contribution in [0.4, 0.5) is 8.78 Å². The SMILES string of the molecule is CC(C)(C)c1cc(-n2ccc(OCC3(C(F)F)CC3)n2)nc(Cl)c1C(=O)O. The van der Waals surface area contributed by atoms with Gasteiger partial charge in [0.05, 0.1) is 5.41 Å². The van der Waals surface area contributed by atoms with Crippen molar-refractivity contribution in [2.75, 3.05) is 6.61 Å². The lowest BCUT2D eigenvalue weighted by molar-refractivity contribution is 0.0304. The molecule has 0 bridgehead atoms. The number of alkyl halides is 2. The van der Waals surface area contributed by atoms with Crippen LogP contribution in [-0.2, 0) is 5.41 Å². The Morgan fingerprint density at radius 1 is 1.44 bits per heavy atom. The highest BCUT2D eigenvalue weighted by Gasteiger charge is 2.52. The number of hydrogen-bond acceptors (Lipinski definition) is 4. The fourth-order valence-electron chi connectivity index (χ4n) is 2.73. The quantitative estimate of drug-likeness (QED) is 0.731. The van der Waals surface area contributed by atoms with E-state index >= 15 is 0 Å². The van der Waals surface area contributed by atoms with Gasteiger partial charge < -0.3 is 9.84 Å². The van der Waals surface area contributed by atoms with Crippen LogP contribution < -0.4 is 4.74 Å². The zero-order chi connectivity index (χ0) is 20.0. The molecule has 9 heteroatoms. The molecule has 0 aromatic carbocycles. The van der Waals surface area contributed by atoms with Crippen molar-refractivity contribution >= 4 is 17.6 Å². The van der Waals surface area contributed by atoms with Gasteiger partial charge >= 0.3 is 5.97 Å². The molecule has 1 saturated carbocycles. The molecular weight excluding hydrogens is 380 g/mol. The molecule has 0 radical (unpaired) electrons. The maximum Gasteiger partial charge on any atom is 0.339 e. The molecule has 1 aliphatic rings. The summed E-state index contributed by atoms with van der Waals surface area (Å²) in [6.45, 7) is 5.50. The second-order valence-corrected chi connectivity index (χ2v) is 8.16. The summed E-state index contributed by atoms with van der Waals surface area (Å²) in [5.74, 6) is -0.644. The van der Waals surface area contributed by atoms with Crippen LogP contribution in [0, 0.1) is 5.41 Å². The van der Waals surface area contributed by atoms with Gasteiger partial charge in [-0.1, -0.05) is 32.4 Å². The van der Waals surface area contributed by atoms with E-state index in [1.807, 2.05) is 20.8 Å². The number of hydrogen-bond donors (Lipinski definition) is 1. The third-order valence-electron chi connectivity index (χ3n) is 4.65. The smallest absolute Gasteiger partial charge is 0.339 e. The van der Waals surface area contributed by atoms with Crippen LogP contribution in [0.5, 0.6) is 5.88 Å². The van der Waals surface area contributed by atoms with E-state index in [1.54, 1.807) is 18.3 Å². The number of carboxylic acid groups (broad SMARTS) is 1. The average molecular weight is 400 g/mol. The van der Waals surface area contributed by atoms with Crippen LogP contribution in [0.3, 0.4) is 0 Å². The van der Waals surface area contributed by atoms with E-state index in [2.05, 4.69) is 10.1 Å². The Kier molecular flexibility index (Phi) is 4.88. The van der Waals surface area contributed by atoms with E-state index < -0.39 is 23.2 Å². The number of nitrogens with zero attached hydrogens (tertiary/aromatic N) is 3. The lowest BCUT2D eigenvalue weighted by Crippen LogP contribution is -2.21. The van der Waals surface area contributed by atoms with Crippen molar-refractivity contribution in [2.24, 2.45) is 5.41 Å². The molecule has 1 aliphatic carbocycles. The van der Waals surface area contributed by atoms with Gasteiger partial charge in [-0.2, -0.15) is 0 Å². The van der Waals surface area contributed by atoms with Crippen molar-refractivity contribution in [3.05, 3.63) is 34.6 Å². The highest BCUT2D eigenvalue weighted by atomic mass is 35.5. The third-order valence-corrected chi connectivity index (χ3v) is 4.92. The van der Waals surface area contributed by atoms with Crippen molar-refractivity contribution in [1.29, 1.82) is 0 Å². The molecule has 0 spiro atoms. The summed E-state index contributed by atoms with van der Waals surface area (Å²) in [5.41, 5.74) is -1.09. The minimum absolute atomic E-state index is 0.0517. The van der Waals surface area contributed by atoms with Crippen LogP contribution in [0.25, 0.3) is 5.82 Å². The van der Waals surface area contributed by atoms with Gasteiger partial charge in [-0.25, -0.2) is 23.2 Å². The summed E-state index contributed by atoms with van der Waals surface area (Å²) in [7, 11) is 0. The largest absolute Gasteiger partial charge is 0.478 e. The van der Waals surface area contributed by atoms with Crippen molar-refractivity contribution in [3.63, 3.8) is 0 Å². The van der Waals surface area contributed by atoms with E-state index in [0.717, 1.165) is 0 Å². The van der Waals surface area contributed by atoms with Crippen LogP contribution >= 0.6 is 11.6 Å². The molecule has 6 nitrogen and oxygen atoms in total. The standard InChI is InChI=1S/C18H20ClF2N3O3/c1-17(2,3)10-8-11(22-14(19)13(10)15(25)26)24-7-4-12(23-24)27-9-18(5-6-18)16(20)21/h4,7-8,16H,5-6,9H2,1-3H3,(H,25,26). The summed E-state index contributed by atoms with van der Waals surface area (Å²) in [5, 5.41) is 13.5. The Bertz CT molecular complexity index is 873. The highest BCUT2D eigenvalue weighted by Crippen LogP contribution is 2.50. The first-order valence-corrected chi connectivity index (χ1v) is 8.83. The molecule has 0 amide bonds. The first-order valence-electron chi connectivity index (χ1n) is 8.45. The number of pyridine rings is 1. The molecule has 0 atom stereocenters. The van der Waals surface area contributed by atoms with E-state index in [0.29, 0.717) is 24.2 Å². The molecule has 3 rings (SSSR count). The van der Waals surface area contributed by atoms with E-state index in [1.165, 1.54) is 4.68 Å². The molecule has 1 fully saturated rings. The van der Waals surface area contributed by atoms with Crippen molar-refractivity contribution in [2.45, 2.75) is 45.5 Å². The normalized spacial score (nSPS) is 15.8. The summed E-state index contributed by atoms with van der Waals surface area (Å²) >= 11 is 6.11. The molecule has 0 aliphatic heterocycles. The van der Waals surface area contributed by atoms with Gasteiger partial charge in [0.25, 0.3) is 0 Å². The van der Waals surface area contributed by atoms with Crippen LogP contribution in [0.1, 0.15) is 49.5 Å². The predicted molar refractivity (Wildman–Crippen MR) is 95.2 cm³/mol. The molecule has 27 heavy (non-hydrogen) atoms. The number of aromatic carboxylic acids is 1. The Labute approximate surface area is 160 Å². The molecule has 2 heterocycles. The second kappa shape index (κ2) is 6.74. The number of ether oxygens (including phenoxy) is 1. The Morgan fingerprint density at radius 3 is 2.63 bits per heavy atom. The third kappa shape index (κ3) is 3.90. The molecular formula is C18H20ClF2N3O3. The molecule has 0 saturated heterocycles. The zero-order valence-electron chi connectivity index (χ0n) is 15.2. The molecule has 0 unspecified atom stereocenters. The van der Waals surface area contributed by atoms with E-state index in [-0.39, 0.29) is 23.2 Å². The maximum absolute atomic E-state index is 13.0. The van der Waals surface area contributed by atoms with Gasteiger partial charge in [-0.15, -0.1) is 5.10 Å². The minimum Gasteiger partial charge on any atom is -0.478 e. The molecule has 2 aromatic rings. The van der Waals surface area contributed by atoms with E-state index in [9.17, 15) is 18.7 Å². The Morgan fingerprint density at radius 2 is 2.11 bits per heavy atom. The predicted octanol–water partition coefficient (Wildman–Crippen LogP) is 4.34. The molecule has 146 valence electrons. The number of carbonyl (C=O) groups is 1. The van der Waals surface area contributed by atoms with Gasteiger partial charge in [-0.3, -0.25) is 0 Å². The molecule has 1 N–H and O–H groups in total. The number of carboxylic acids is 1. The Balaban J connectivity index is 1.88. The van der Waals surface area contributed by atoms with Crippen LogP contribution in [0.15, 0.2) is 18.3 Å². The number of aromatic nitrogens is 3. The van der Waals surface area contributed by atoms with Gasteiger partial charge in [-0.05, 0) is 29.9 Å². The second-order valence-electron chi connectivity index (χ2n) is 7.80. The summed E-state index contributed by atoms with van der Waals surface area (Å²) in [6, 6.07) is 3.15. The van der Waals surface area contributed by atoms with Crippen LogP contribution in [0.2, 0.25) is 5.15 Å². The highest BCUT2D eigenvalue weighted by molar-refractivity contribution is 6.32. The van der Waals surface area contributed by atoms with E-state index in [4.69, 9.17) is 16.3 Å². The first kappa shape index (κ1) is 19.5. The van der Waals surface area contributed by atoms with Gasteiger partial charge in [0.15, 0.2) is 5.82 Å². The van der Waals surface area contributed by atoms with Crippen molar-refractivity contribution in [1.82, 2.24) is 14.8 Å². The fourth-order valence-corrected chi connectivity index (χ4v) is 3.00. The lowest BCUT2D eigenvalue weighted by atomic mass is 9.84. The minimum atomic E-state index is -2.42. The maximum atomic E-state index is 13.0. The fraction of sp³-hybridized carbons (Fsp3) is 0.500. The summed E-state index contributed by atoms with van der Waals surface area (Å²) in [4.78, 5) is 15.7. The van der Waals surface area contributed by atoms with Crippen molar-refractivity contribution in [3.8, 4) is 11.7 Å². The summed E-state index contributed by atoms with van der Waals surface area (Å²) in [6.07, 6.45) is 0.0171. The zero-order valence-corrected chi connectivity index (χ0v) is 15.9. The van der Waals surface area contributed by atoms with Crippen LogP contribution in [-0.4, -0.2) is 38.9 Å². The first-order chi connectivity index (χ1) is 12.5. The lowest BCUT2D eigenvalue weighted by Gasteiger charge is -2.22. The number of rotatable bonds is 6. The van der Waals surface area contributed by atoms with Gasteiger partial charge in [0.2, 0.25) is 12.3 Å². The monoisotopic (exact) mass is 399 g/mol. The van der Waals surface area contributed by atoms with Gasteiger partial charge in [0.1, 0.15) is 17.3 Å². The van der Waals surface area contributed by atoms with Gasteiger partial charge in [0, 0.05) is 12.3 Å². The number of halogens is 3. The molecule has 2 aromatic heterocycles. The van der Waals surface area contributed by atoms with Crippen molar-refractivity contribution < 1.29 is 23.4 Å².